The minimum absolute atomic E-state index is 0.0586. The van der Waals surface area contributed by atoms with Gasteiger partial charge in [0.1, 0.15) is 38.6 Å². The van der Waals surface area contributed by atoms with E-state index in [0.29, 0.717) is 57.4 Å². The Hall–Kier alpha value is -3.09. The van der Waals surface area contributed by atoms with E-state index in [0.717, 1.165) is 87.6 Å². The molecule has 20 atom stereocenters. The Kier molecular flexibility index (Phi) is 18.1. The van der Waals surface area contributed by atoms with E-state index in [9.17, 15) is 10.2 Å². The SMILES string of the molecule is COCO[C@@H]1C[C@]2(C)[C@@H](CN=[N+]=[N-])CC[C@]2(OCOC)C2CC[C@]3(O)C[C@@H](C)C[C@H]4OC(C)(C)OC[C@]43C21.COCO[C@@H]1C[C@]2(C)[C@@H](Cn3cc(-c4ccc(OC)cc4)nn3)CC[C@]2(OCOC)C2CC[C@]3(O)C[C@@H](C)C[C@H]4OC(C)(C)OC[C@]43C21. The minimum atomic E-state index is -0.936. The molecule has 1 aromatic carbocycles. The molecule has 21 nitrogen and oxygen atoms in total. The molecule has 86 heavy (non-hydrogen) atoms. The lowest BCUT2D eigenvalue weighted by Crippen LogP contribution is -2.78. The van der Waals surface area contributed by atoms with Gasteiger partial charge < -0.3 is 71.8 Å². The molecule has 3 heterocycles. The summed E-state index contributed by atoms with van der Waals surface area (Å²) in [6.07, 6.45) is 12.5. The highest BCUT2D eigenvalue weighted by Gasteiger charge is 2.79. The van der Waals surface area contributed by atoms with Crippen molar-refractivity contribution in [3.8, 4) is 17.0 Å². The Morgan fingerprint density at radius 2 is 1.12 bits per heavy atom. The average Bonchev–Trinajstić information content (AvgIpc) is 1.08. The van der Waals surface area contributed by atoms with Gasteiger partial charge in [-0.1, -0.05) is 38.0 Å². The van der Waals surface area contributed by atoms with Crippen LogP contribution in [0.15, 0.2) is 35.6 Å². The predicted molar refractivity (Wildman–Crippen MR) is 316 cm³/mol. The fourth-order valence-electron chi connectivity index (χ4n) is 21.1. The predicted octanol–water partition coefficient (Wildman–Crippen LogP) is 10.2. The highest BCUT2D eigenvalue weighted by Crippen LogP contribution is 2.75. The molecule has 12 rings (SSSR count). The van der Waals surface area contributed by atoms with Crippen LogP contribution in [0.25, 0.3) is 21.7 Å². The molecular formula is C65H102N6O15. The van der Waals surface area contributed by atoms with E-state index in [4.69, 9.17) is 67.1 Å². The number of azide groups is 1. The fourth-order valence-corrected chi connectivity index (χ4v) is 21.1. The number of aliphatic hydroxyl groups is 2. The van der Waals surface area contributed by atoms with Crippen LogP contribution in [0.5, 0.6) is 5.75 Å². The number of rotatable bonds is 18. The number of fused-ring (bicyclic) bond motifs is 6. The van der Waals surface area contributed by atoms with Gasteiger partial charge in [-0.15, -0.1) is 5.10 Å². The number of hydrogen-bond donors (Lipinski definition) is 2. The number of benzene rings is 1. The maximum absolute atomic E-state index is 12.8. The largest absolute Gasteiger partial charge is 0.497 e. The lowest BCUT2D eigenvalue weighted by molar-refractivity contribution is -0.405. The zero-order chi connectivity index (χ0) is 61.4. The minimum Gasteiger partial charge on any atom is -0.497 e. The summed E-state index contributed by atoms with van der Waals surface area (Å²) in [7, 11) is 8.34. The Bertz CT molecular complexity index is 2720. The third-order valence-electron chi connectivity index (χ3n) is 24.5. The van der Waals surface area contributed by atoms with Crippen LogP contribution in [0.4, 0.5) is 0 Å². The summed E-state index contributed by atoms with van der Waals surface area (Å²) in [6, 6.07) is 7.90. The summed E-state index contributed by atoms with van der Waals surface area (Å²) >= 11 is 0. The molecule has 2 spiro atoms. The van der Waals surface area contributed by atoms with Crippen molar-refractivity contribution in [2.45, 2.75) is 210 Å². The second-order valence-corrected chi connectivity index (χ2v) is 29.5. The molecule has 2 aromatic rings. The molecule has 10 fully saturated rings. The second kappa shape index (κ2) is 24.2. The highest BCUT2D eigenvalue weighted by atomic mass is 16.7. The molecule has 2 aliphatic heterocycles. The molecule has 10 aliphatic rings. The zero-order valence-corrected chi connectivity index (χ0v) is 53.8. The smallest absolute Gasteiger partial charge is 0.163 e. The summed E-state index contributed by atoms with van der Waals surface area (Å²) in [5.74, 6) is 0.499. The van der Waals surface area contributed by atoms with Crippen LogP contribution in [-0.2, 0) is 63.4 Å². The number of aromatic nitrogens is 3. The molecule has 1 aromatic heterocycles. The van der Waals surface area contributed by atoms with E-state index >= 15 is 0 Å². The molecule has 21 heteroatoms. The average molecular weight is 1210 g/mol. The maximum atomic E-state index is 12.8. The van der Waals surface area contributed by atoms with Crippen molar-refractivity contribution in [1.29, 1.82) is 0 Å². The van der Waals surface area contributed by atoms with Gasteiger partial charge >= 0.3 is 0 Å². The van der Waals surface area contributed by atoms with Crippen molar-refractivity contribution in [3.63, 3.8) is 0 Å². The van der Waals surface area contributed by atoms with E-state index in [1.165, 1.54) is 0 Å². The number of hydrogen-bond acceptors (Lipinski definition) is 18. The van der Waals surface area contributed by atoms with E-state index < -0.39 is 44.8 Å². The maximum Gasteiger partial charge on any atom is 0.163 e. The van der Waals surface area contributed by atoms with Crippen LogP contribution >= 0.6 is 0 Å². The fraction of sp³-hybridized carbons (Fsp3) is 0.877. The first-order chi connectivity index (χ1) is 41.0. The van der Waals surface area contributed by atoms with Gasteiger partial charge in [0, 0.05) is 74.7 Å². The van der Waals surface area contributed by atoms with Gasteiger partial charge in [-0.3, -0.25) is 4.68 Å². The summed E-state index contributed by atoms with van der Waals surface area (Å²) in [6.45, 7) is 19.8. The third kappa shape index (κ3) is 10.3. The standard InChI is InChI=1S/C37H55N3O8.C28H47N3O7/c1-24-16-31-36(21-46-33(2,3)48-31)32-28(13-14-35(36,41)17-24)37(47-23-43-6)15-12-26(34(37,4)18-30(32)45-22-42-5)19-40-20-29(38-39-40)25-8-10-27(44-7)11-9-25;1-18-11-22-27(15-36-24(2,3)38-22)23-20(8-9-26(27,32)12-18)28(37-17-34-6)10-7-19(14-30-31-29)25(28,4)13-21(23)35-16-33-5/h8-11,20,24,26,28,30-32,41H,12-19,21-23H2,1-7H3;18-23,32H,7-17H2,1-6H3/t24-,26+,28?,30+,31+,32?,34+,35-,36+,37-;18-,19+,20?,21+,22+,23?,25+,26-,27+,28-/m00/s1. The van der Waals surface area contributed by atoms with Crippen LogP contribution in [0, 0.1) is 69.0 Å². The second-order valence-electron chi connectivity index (χ2n) is 29.5. The summed E-state index contributed by atoms with van der Waals surface area (Å²) < 4.78 is 83.1. The normalized spacial score (nSPS) is 45.0. The quantitative estimate of drug-likeness (QED) is 0.0610. The van der Waals surface area contributed by atoms with Crippen molar-refractivity contribution in [3.05, 3.63) is 40.9 Å². The topological polar surface area (TPSA) is 240 Å². The van der Waals surface area contributed by atoms with Crippen LogP contribution in [-0.4, -0.2) is 166 Å². The molecule has 8 aliphatic carbocycles. The summed E-state index contributed by atoms with van der Waals surface area (Å²) in [4.78, 5) is 3.08. The van der Waals surface area contributed by atoms with Gasteiger partial charge in [-0.2, -0.15) is 0 Å². The van der Waals surface area contributed by atoms with Gasteiger partial charge in [0.25, 0.3) is 0 Å². The summed E-state index contributed by atoms with van der Waals surface area (Å²) in [5, 5.41) is 38.5. The first kappa shape index (κ1) is 64.4. The molecule has 0 amide bonds. The monoisotopic (exact) mass is 1210 g/mol. The number of ether oxygens (including phenoxy) is 13. The Morgan fingerprint density at radius 1 is 0.640 bits per heavy atom. The Morgan fingerprint density at radius 3 is 1.58 bits per heavy atom. The molecule has 8 saturated carbocycles. The Balaban J connectivity index is 0.000000184. The van der Waals surface area contributed by atoms with Gasteiger partial charge in [0.15, 0.2) is 11.6 Å². The van der Waals surface area contributed by atoms with E-state index in [1.807, 2.05) is 62.8 Å². The third-order valence-corrected chi connectivity index (χ3v) is 24.5. The lowest BCUT2D eigenvalue weighted by atomic mass is 9.39. The van der Waals surface area contributed by atoms with Gasteiger partial charge in [-0.25, -0.2) is 0 Å². The molecule has 2 saturated heterocycles. The van der Waals surface area contributed by atoms with Crippen molar-refractivity contribution in [2.24, 2.45) is 74.1 Å². The van der Waals surface area contributed by atoms with Gasteiger partial charge in [-0.05, 0) is 183 Å². The first-order valence-electron chi connectivity index (χ1n) is 32.1. The van der Waals surface area contributed by atoms with E-state index in [-0.39, 0.29) is 97.9 Å². The van der Waals surface area contributed by atoms with Crippen LogP contribution in [0.1, 0.15) is 145 Å². The van der Waals surface area contributed by atoms with Crippen molar-refractivity contribution < 1.29 is 71.8 Å². The highest BCUT2D eigenvalue weighted by molar-refractivity contribution is 5.58. The van der Waals surface area contributed by atoms with Gasteiger partial charge in [0.2, 0.25) is 0 Å². The van der Waals surface area contributed by atoms with Crippen molar-refractivity contribution >= 4 is 0 Å². The zero-order valence-electron chi connectivity index (χ0n) is 53.8. The lowest BCUT2D eigenvalue weighted by Gasteiger charge is -2.71. The molecular weight excluding hydrogens is 1100 g/mol. The van der Waals surface area contributed by atoms with Gasteiger partial charge in [0.05, 0.1) is 84.2 Å². The van der Waals surface area contributed by atoms with E-state index in [2.05, 4.69) is 48.0 Å². The molecule has 482 valence electrons. The number of nitrogens with zero attached hydrogens (tertiary/aromatic N) is 6. The molecule has 4 unspecified atom stereocenters. The first-order valence-corrected chi connectivity index (χ1v) is 32.1. The molecule has 2 N–H and O–H groups in total. The number of methoxy groups -OCH3 is 5. The summed E-state index contributed by atoms with van der Waals surface area (Å²) in [5.41, 5.74) is 6.22. The van der Waals surface area contributed by atoms with Crippen molar-refractivity contribution in [1.82, 2.24) is 15.0 Å². The van der Waals surface area contributed by atoms with E-state index in [1.54, 1.807) is 35.5 Å². The molecule has 0 bridgehead atoms. The van der Waals surface area contributed by atoms with Crippen molar-refractivity contribution in [2.75, 3.05) is 82.5 Å². The Labute approximate surface area is 509 Å². The van der Waals surface area contributed by atoms with Crippen LogP contribution in [0.2, 0.25) is 0 Å². The van der Waals surface area contributed by atoms with Crippen LogP contribution in [0.3, 0.4) is 0 Å². The van der Waals surface area contributed by atoms with Crippen LogP contribution < -0.4 is 4.74 Å². The molecule has 0 radical (unpaired) electrons.